The van der Waals surface area contributed by atoms with Crippen molar-refractivity contribution in [2.75, 3.05) is 12.8 Å². The molecular formula is C26H32F2NO4PS. The van der Waals surface area contributed by atoms with Gasteiger partial charge in [0.2, 0.25) is 10.0 Å². The summed E-state index contributed by atoms with van der Waals surface area (Å²) in [7, 11) is -6.77. The lowest BCUT2D eigenvalue weighted by Crippen LogP contribution is -2.43. The smallest absolute Gasteiger partial charge is 0.240 e. The van der Waals surface area contributed by atoms with E-state index >= 15 is 0 Å². The van der Waals surface area contributed by atoms with Crippen LogP contribution in [0.2, 0.25) is 0 Å². The number of hydrogen-bond donors (Lipinski definition) is 2. The van der Waals surface area contributed by atoms with Crippen LogP contribution in [0.25, 0.3) is 11.1 Å². The molecule has 0 radical (unpaired) electrons. The number of hydrogen-bond acceptors (Lipinski definition) is 3. The minimum atomic E-state index is -3.79. The maximum atomic E-state index is 14.1. The predicted molar refractivity (Wildman–Crippen MR) is 134 cm³/mol. The molecule has 4 unspecified atom stereocenters. The summed E-state index contributed by atoms with van der Waals surface area (Å²) >= 11 is 0. The Morgan fingerprint density at radius 1 is 1.06 bits per heavy atom. The molecule has 0 aliphatic heterocycles. The Balaban J connectivity index is 1.42. The Morgan fingerprint density at radius 3 is 2.37 bits per heavy atom. The van der Waals surface area contributed by atoms with Gasteiger partial charge in [-0.05, 0) is 86.1 Å². The van der Waals surface area contributed by atoms with Crippen LogP contribution in [0, 0.1) is 29.4 Å². The van der Waals surface area contributed by atoms with Crippen LogP contribution in [0.4, 0.5) is 8.78 Å². The van der Waals surface area contributed by atoms with Crippen LogP contribution in [0.5, 0.6) is 0 Å². The van der Waals surface area contributed by atoms with E-state index in [9.17, 15) is 26.7 Å². The Labute approximate surface area is 206 Å². The van der Waals surface area contributed by atoms with E-state index in [2.05, 4.69) is 10.8 Å². The molecule has 0 aromatic heterocycles. The number of nitrogens with one attached hydrogen (secondary N) is 1. The van der Waals surface area contributed by atoms with Crippen molar-refractivity contribution in [1.29, 1.82) is 0 Å². The third-order valence-electron chi connectivity index (χ3n) is 7.31. The van der Waals surface area contributed by atoms with Gasteiger partial charge in [-0.2, -0.15) is 0 Å². The number of sulfonamides is 1. The molecule has 2 saturated carbocycles. The van der Waals surface area contributed by atoms with E-state index in [1.807, 2.05) is 6.08 Å². The van der Waals surface area contributed by atoms with Crippen LogP contribution >= 0.6 is 7.37 Å². The van der Waals surface area contributed by atoms with Crippen molar-refractivity contribution in [1.82, 2.24) is 4.72 Å². The average Bonchev–Trinajstić information content (AvgIpc) is 3.38. The zero-order valence-electron chi connectivity index (χ0n) is 19.7. The lowest BCUT2D eigenvalue weighted by Gasteiger charge is -2.31. The van der Waals surface area contributed by atoms with Crippen molar-refractivity contribution >= 4 is 17.4 Å². The van der Waals surface area contributed by atoms with Gasteiger partial charge in [0.05, 0.1) is 10.5 Å². The Morgan fingerprint density at radius 2 is 1.71 bits per heavy atom. The van der Waals surface area contributed by atoms with Gasteiger partial charge in [0.15, 0.2) is 7.37 Å². The van der Waals surface area contributed by atoms with Gasteiger partial charge in [-0.25, -0.2) is 21.9 Å². The van der Waals surface area contributed by atoms with Gasteiger partial charge < -0.3 is 4.89 Å². The molecule has 9 heteroatoms. The minimum absolute atomic E-state index is 0.0723. The van der Waals surface area contributed by atoms with Crippen molar-refractivity contribution in [2.45, 2.75) is 49.5 Å². The van der Waals surface area contributed by atoms with E-state index in [0.717, 1.165) is 32.1 Å². The Hall–Kier alpha value is -1.86. The largest absolute Gasteiger partial charge is 0.344 e. The van der Waals surface area contributed by atoms with Crippen molar-refractivity contribution in [3.63, 3.8) is 0 Å². The number of benzene rings is 2. The van der Waals surface area contributed by atoms with Crippen LogP contribution < -0.4 is 4.72 Å². The molecule has 2 bridgehead atoms. The molecule has 35 heavy (non-hydrogen) atoms. The van der Waals surface area contributed by atoms with Gasteiger partial charge in [0, 0.05) is 18.9 Å². The fourth-order valence-electron chi connectivity index (χ4n) is 5.63. The standard InChI is InChI=1S/C26H32F2NO4PS/c1-34(30,31)16-5-3-2-4-7-22-19-10-11-20(17-19)26(22)29-35(32,33)21-14-12-18(13-15-21)25-23(27)8-6-9-24(25)28/h2,4,6,8-9,12-15,19-20,22,26,29H,3,5,7,10-11,16-17H2,1H3,(H,30,31)/b4-2-/t19?,20-,22?,26?/m1/s1. The lowest BCUT2D eigenvalue weighted by molar-refractivity contribution is 0.274. The molecule has 2 aromatic rings. The molecule has 0 amide bonds. The maximum Gasteiger partial charge on any atom is 0.240 e. The molecule has 2 aliphatic carbocycles. The van der Waals surface area contributed by atoms with Crippen molar-refractivity contribution in [3.05, 3.63) is 66.3 Å². The highest BCUT2D eigenvalue weighted by Crippen LogP contribution is 2.50. The molecule has 4 rings (SSSR count). The highest BCUT2D eigenvalue weighted by atomic mass is 32.2. The van der Waals surface area contributed by atoms with E-state index in [1.165, 1.54) is 49.1 Å². The summed E-state index contributed by atoms with van der Waals surface area (Å²) in [5.74, 6) is -0.396. The van der Waals surface area contributed by atoms with E-state index in [4.69, 9.17) is 0 Å². The zero-order valence-corrected chi connectivity index (χ0v) is 21.4. The van der Waals surface area contributed by atoms with E-state index < -0.39 is 29.0 Å². The number of fused-ring (bicyclic) bond motifs is 2. The first-order valence-electron chi connectivity index (χ1n) is 12.1. The minimum Gasteiger partial charge on any atom is -0.344 e. The van der Waals surface area contributed by atoms with E-state index in [0.29, 0.717) is 24.4 Å². The fourth-order valence-corrected chi connectivity index (χ4v) is 7.75. The van der Waals surface area contributed by atoms with Crippen molar-refractivity contribution in [3.8, 4) is 11.1 Å². The quantitative estimate of drug-likeness (QED) is 0.229. The molecule has 0 heterocycles. The van der Waals surface area contributed by atoms with Crippen molar-refractivity contribution in [2.24, 2.45) is 17.8 Å². The lowest BCUT2D eigenvalue weighted by atomic mass is 9.83. The average molecular weight is 524 g/mol. The van der Waals surface area contributed by atoms with Crippen LogP contribution in [0.15, 0.2) is 59.5 Å². The fraction of sp³-hybridized carbons (Fsp3) is 0.462. The Bertz CT molecular complexity index is 1210. The third-order valence-corrected chi connectivity index (χ3v) is 9.94. The highest BCUT2D eigenvalue weighted by molar-refractivity contribution is 7.89. The van der Waals surface area contributed by atoms with Crippen LogP contribution in [0.1, 0.15) is 38.5 Å². The summed E-state index contributed by atoms with van der Waals surface area (Å²) in [6.45, 7) is 1.37. The second kappa shape index (κ2) is 10.6. The summed E-state index contributed by atoms with van der Waals surface area (Å²) in [5, 5.41) is 0. The van der Waals surface area contributed by atoms with Gasteiger partial charge in [-0.3, -0.25) is 4.57 Å². The van der Waals surface area contributed by atoms with Gasteiger partial charge in [-0.1, -0.05) is 30.4 Å². The molecule has 0 saturated heterocycles. The number of rotatable bonds is 10. The zero-order chi connectivity index (χ0) is 25.2. The molecular weight excluding hydrogens is 491 g/mol. The van der Waals surface area contributed by atoms with E-state index in [1.54, 1.807) is 0 Å². The molecule has 5 nitrogen and oxygen atoms in total. The number of unbranched alkanes of at least 4 members (excludes halogenated alkanes) is 1. The molecule has 0 spiro atoms. The van der Waals surface area contributed by atoms with Crippen LogP contribution in [-0.2, 0) is 14.6 Å². The second-order valence-electron chi connectivity index (χ2n) is 9.89. The molecule has 190 valence electrons. The maximum absolute atomic E-state index is 14.1. The molecule has 2 aromatic carbocycles. The second-order valence-corrected chi connectivity index (χ2v) is 14.2. The highest BCUT2D eigenvalue weighted by Gasteiger charge is 2.48. The summed E-state index contributed by atoms with van der Waals surface area (Å²) < 4.78 is 68.9. The Kier molecular flexibility index (Phi) is 7.96. The normalized spacial score (nSPS) is 25.8. The van der Waals surface area contributed by atoms with Gasteiger partial charge in [-0.15, -0.1) is 0 Å². The van der Waals surface area contributed by atoms with Gasteiger partial charge in [0.1, 0.15) is 11.6 Å². The molecule has 2 N–H and O–H groups in total. The molecule has 2 aliphatic rings. The topological polar surface area (TPSA) is 83.5 Å². The summed E-state index contributed by atoms with van der Waals surface area (Å²) in [6.07, 6.45) is 9.67. The number of allylic oxidation sites excluding steroid dienone is 2. The summed E-state index contributed by atoms with van der Waals surface area (Å²) in [6, 6.07) is 9.11. The van der Waals surface area contributed by atoms with Gasteiger partial charge >= 0.3 is 0 Å². The first-order chi connectivity index (χ1) is 16.5. The SMILES string of the molecule is CP(=O)(O)CCC/C=C\CC1C2CC[C@H](C2)C1NS(=O)(=O)c1ccc(-c2c(F)cccc2F)cc1. The first kappa shape index (κ1) is 26.2. The van der Waals surface area contributed by atoms with Crippen LogP contribution in [-0.4, -0.2) is 32.2 Å². The first-order valence-corrected chi connectivity index (χ1v) is 15.8. The van der Waals surface area contributed by atoms with E-state index in [-0.39, 0.29) is 28.0 Å². The van der Waals surface area contributed by atoms with Gasteiger partial charge in [0.25, 0.3) is 0 Å². The molecule has 2 fully saturated rings. The molecule has 5 atom stereocenters. The monoisotopic (exact) mass is 523 g/mol. The van der Waals surface area contributed by atoms with Crippen LogP contribution in [0.3, 0.4) is 0 Å². The number of halogens is 2. The van der Waals surface area contributed by atoms with Crippen molar-refractivity contribution < 1.29 is 26.7 Å². The summed E-state index contributed by atoms with van der Waals surface area (Å²) in [5.41, 5.74) is 0.105. The third kappa shape index (κ3) is 6.29. The predicted octanol–water partition coefficient (Wildman–Crippen LogP) is 5.95. The summed E-state index contributed by atoms with van der Waals surface area (Å²) in [4.78, 5) is 9.46.